The molecule has 2 aliphatic rings. The maximum Gasteiger partial charge on any atom is 0.317 e. The highest BCUT2D eigenvalue weighted by Gasteiger charge is 2.32. The molecule has 0 bridgehead atoms. The number of hydrogen-bond donors (Lipinski definition) is 1. The Morgan fingerprint density at radius 2 is 2.10 bits per heavy atom. The summed E-state index contributed by atoms with van der Waals surface area (Å²) >= 11 is 0. The van der Waals surface area contributed by atoms with E-state index in [0.717, 1.165) is 25.6 Å². The van der Waals surface area contributed by atoms with Gasteiger partial charge in [0.05, 0.1) is 11.8 Å². The van der Waals surface area contributed by atoms with Gasteiger partial charge in [0, 0.05) is 38.4 Å². The van der Waals surface area contributed by atoms with Crippen LogP contribution < -0.4 is 5.32 Å². The highest BCUT2D eigenvalue weighted by molar-refractivity contribution is 5.94. The summed E-state index contributed by atoms with van der Waals surface area (Å²) in [6.45, 7) is 2.47. The van der Waals surface area contributed by atoms with Crippen LogP contribution in [0.25, 0.3) is 0 Å². The third kappa shape index (κ3) is 2.68. The zero-order chi connectivity index (χ0) is 14.8. The van der Waals surface area contributed by atoms with Crippen LogP contribution in [0.15, 0.2) is 18.5 Å². The smallest absolute Gasteiger partial charge is 0.317 e. The molecule has 3 amide bonds. The molecule has 0 unspecified atom stereocenters. The van der Waals surface area contributed by atoms with Gasteiger partial charge >= 0.3 is 6.03 Å². The average Bonchev–Trinajstić information content (AvgIpc) is 2.93. The molecule has 0 radical (unpaired) electrons. The first kappa shape index (κ1) is 13.8. The van der Waals surface area contributed by atoms with E-state index in [0.29, 0.717) is 19.6 Å². The van der Waals surface area contributed by atoms with Crippen LogP contribution in [0.5, 0.6) is 0 Å². The van der Waals surface area contributed by atoms with E-state index in [-0.39, 0.29) is 23.5 Å². The molecule has 7 heteroatoms. The molecule has 0 aliphatic carbocycles. The normalized spacial score (nSPS) is 19.8. The maximum absolute atomic E-state index is 13.6. The average molecular weight is 292 g/mol. The Morgan fingerprint density at radius 3 is 2.71 bits per heavy atom. The summed E-state index contributed by atoms with van der Waals surface area (Å²) in [4.78, 5) is 31.0. The lowest BCUT2D eigenvalue weighted by molar-refractivity contribution is 0.0661. The standard InChI is InChI=1S/C14H17FN4O2/c15-12-9-16-4-1-11(12)13(20)18-6-2-10(3-7-18)19-8-5-17-14(19)21/h1,4,9-10H,2-3,5-8H2,(H,17,21). The summed E-state index contributed by atoms with van der Waals surface area (Å²) in [5.41, 5.74) is 0.0577. The van der Waals surface area contributed by atoms with Gasteiger partial charge in [-0.25, -0.2) is 9.18 Å². The van der Waals surface area contributed by atoms with E-state index >= 15 is 0 Å². The van der Waals surface area contributed by atoms with E-state index in [4.69, 9.17) is 0 Å². The molecule has 2 aliphatic heterocycles. The van der Waals surface area contributed by atoms with Gasteiger partial charge in [-0.2, -0.15) is 0 Å². The zero-order valence-electron chi connectivity index (χ0n) is 11.6. The summed E-state index contributed by atoms with van der Waals surface area (Å²) in [6, 6.07) is 1.54. The monoisotopic (exact) mass is 292 g/mol. The van der Waals surface area contributed by atoms with Crippen molar-refractivity contribution in [2.75, 3.05) is 26.2 Å². The third-order valence-corrected chi connectivity index (χ3v) is 4.09. The molecule has 2 saturated heterocycles. The van der Waals surface area contributed by atoms with Gasteiger partial charge in [0.1, 0.15) is 0 Å². The quantitative estimate of drug-likeness (QED) is 0.879. The number of nitrogens with one attached hydrogen (secondary N) is 1. The van der Waals surface area contributed by atoms with Gasteiger partial charge in [0.2, 0.25) is 0 Å². The maximum atomic E-state index is 13.6. The largest absolute Gasteiger partial charge is 0.338 e. The highest BCUT2D eigenvalue weighted by atomic mass is 19.1. The first-order valence-corrected chi connectivity index (χ1v) is 7.10. The fraction of sp³-hybridized carbons (Fsp3) is 0.500. The van der Waals surface area contributed by atoms with Gasteiger partial charge in [-0.1, -0.05) is 0 Å². The molecular formula is C14H17FN4O2. The van der Waals surface area contributed by atoms with Crippen LogP contribution in [-0.2, 0) is 0 Å². The minimum absolute atomic E-state index is 0.0278. The predicted molar refractivity (Wildman–Crippen MR) is 73.2 cm³/mol. The van der Waals surface area contributed by atoms with Crippen molar-refractivity contribution >= 4 is 11.9 Å². The zero-order valence-corrected chi connectivity index (χ0v) is 11.6. The van der Waals surface area contributed by atoms with Gasteiger partial charge < -0.3 is 15.1 Å². The number of piperidine rings is 1. The summed E-state index contributed by atoms with van der Waals surface area (Å²) < 4.78 is 13.6. The first-order valence-electron chi connectivity index (χ1n) is 7.10. The molecule has 3 rings (SSSR count). The summed E-state index contributed by atoms with van der Waals surface area (Å²) in [6.07, 6.45) is 3.92. The van der Waals surface area contributed by atoms with Crippen LogP contribution in [0.3, 0.4) is 0 Å². The van der Waals surface area contributed by atoms with Crippen LogP contribution >= 0.6 is 0 Å². The fourth-order valence-electron chi connectivity index (χ4n) is 2.93. The first-order chi connectivity index (χ1) is 10.2. The van der Waals surface area contributed by atoms with E-state index in [2.05, 4.69) is 10.3 Å². The Bertz CT molecular complexity index is 558. The number of nitrogens with zero attached hydrogens (tertiary/aromatic N) is 3. The van der Waals surface area contributed by atoms with Gasteiger partial charge in [0.25, 0.3) is 5.91 Å². The van der Waals surface area contributed by atoms with Crippen molar-refractivity contribution in [3.05, 3.63) is 29.8 Å². The number of aromatic nitrogens is 1. The van der Waals surface area contributed by atoms with Crippen molar-refractivity contribution in [3.63, 3.8) is 0 Å². The molecule has 21 heavy (non-hydrogen) atoms. The number of rotatable bonds is 2. The Labute approximate surface area is 121 Å². The number of hydrogen-bond acceptors (Lipinski definition) is 3. The van der Waals surface area contributed by atoms with Crippen molar-refractivity contribution in [2.45, 2.75) is 18.9 Å². The second-order valence-corrected chi connectivity index (χ2v) is 5.30. The lowest BCUT2D eigenvalue weighted by atomic mass is 10.0. The number of amides is 3. The van der Waals surface area contributed by atoms with Gasteiger partial charge in [-0.15, -0.1) is 0 Å². The number of carbonyl (C=O) groups is 2. The van der Waals surface area contributed by atoms with Gasteiger partial charge in [-0.05, 0) is 18.9 Å². The van der Waals surface area contributed by atoms with Crippen molar-refractivity contribution in [1.82, 2.24) is 20.1 Å². The van der Waals surface area contributed by atoms with Crippen LogP contribution in [0, 0.1) is 5.82 Å². The minimum Gasteiger partial charge on any atom is -0.338 e. The van der Waals surface area contributed by atoms with Crippen LogP contribution in [0.2, 0.25) is 0 Å². The molecule has 1 aromatic rings. The molecular weight excluding hydrogens is 275 g/mol. The van der Waals surface area contributed by atoms with E-state index in [9.17, 15) is 14.0 Å². The molecule has 0 saturated carbocycles. The Balaban J connectivity index is 1.62. The van der Waals surface area contributed by atoms with Crippen molar-refractivity contribution < 1.29 is 14.0 Å². The molecule has 1 N–H and O–H groups in total. The molecule has 3 heterocycles. The van der Waals surface area contributed by atoms with E-state index < -0.39 is 5.82 Å². The molecule has 1 aromatic heterocycles. The number of likely N-dealkylation sites (tertiary alicyclic amines) is 1. The third-order valence-electron chi connectivity index (χ3n) is 4.09. The molecule has 2 fully saturated rings. The van der Waals surface area contributed by atoms with E-state index in [1.807, 2.05) is 4.90 Å². The van der Waals surface area contributed by atoms with Gasteiger partial charge in [0.15, 0.2) is 5.82 Å². The number of halogens is 1. The topological polar surface area (TPSA) is 65.5 Å². The Kier molecular flexibility index (Phi) is 3.72. The van der Waals surface area contributed by atoms with E-state index in [1.54, 1.807) is 4.90 Å². The lowest BCUT2D eigenvalue weighted by Crippen LogP contribution is -2.47. The molecule has 0 spiro atoms. The SMILES string of the molecule is O=C(c1ccncc1F)N1CCC(N2CCNC2=O)CC1. The van der Waals surface area contributed by atoms with Gasteiger partial charge in [-0.3, -0.25) is 9.78 Å². The molecule has 112 valence electrons. The number of urea groups is 1. The minimum atomic E-state index is -0.594. The lowest BCUT2D eigenvalue weighted by Gasteiger charge is -2.36. The summed E-state index contributed by atoms with van der Waals surface area (Å²) in [7, 11) is 0. The second-order valence-electron chi connectivity index (χ2n) is 5.30. The van der Waals surface area contributed by atoms with E-state index in [1.165, 1.54) is 12.3 Å². The van der Waals surface area contributed by atoms with Crippen LogP contribution in [0.4, 0.5) is 9.18 Å². The molecule has 0 atom stereocenters. The molecule has 6 nitrogen and oxygen atoms in total. The van der Waals surface area contributed by atoms with Crippen molar-refractivity contribution in [2.24, 2.45) is 0 Å². The van der Waals surface area contributed by atoms with Crippen LogP contribution in [0.1, 0.15) is 23.2 Å². The predicted octanol–water partition coefficient (Wildman–Crippen LogP) is 0.850. The Hall–Kier alpha value is -2.18. The summed E-state index contributed by atoms with van der Waals surface area (Å²) in [5, 5.41) is 2.78. The second kappa shape index (κ2) is 5.67. The van der Waals surface area contributed by atoms with Crippen molar-refractivity contribution in [3.8, 4) is 0 Å². The number of pyridine rings is 1. The Morgan fingerprint density at radius 1 is 1.33 bits per heavy atom. The molecule has 0 aromatic carbocycles. The summed E-state index contributed by atoms with van der Waals surface area (Å²) in [5.74, 6) is -0.900. The van der Waals surface area contributed by atoms with Crippen molar-refractivity contribution in [1.29, 1.82) is 0 Å². The van der Waals surface area contributed by atoms with Crippen LogP contribution in [-0.4, -0.2) is 58.9 Å². The number of carbonyl (C=O) groups excluding carboxylic acids is 2. The fourth-order valence-corrected chi connectivity index (χ4v) is 2.93. The highest BCUT2D eigenvalue weighted by Crippen LogP contribution is 2.20.